The molecule has 0 rings (SSSR count). The van der Waals surface area contributed by atoms with Gasteiger partial charge in [-0.05, 0) is 48.9 Å². The summed E-state index contributed by atoms with van der Waals surface area (Å²) >= 11 is 1.76. The van der Waals surface area contributed by atoms with E-state index < -0.39 is 3.68 Å². The lowest BCUT2D eigenvalue weighted by atomic mass is 10.1. The van der Waals surface area contributed by atoms with Gasteiger partial charge in [-0.1, -0.05) is 18.2 Å². The predicted molar refractivity (Wildman–Crippen MR) is 52.1 cm³/mol. The fraction of sp³-hybridized carbons (Fsp3) is 0.500. The fourth-order valence-electron chi connectivity index (χ4n) is 0.875. The molecule has 0 saturated heterocycles. The average Bonchev–Trinajstić information content (AvgIpc) is 1.60. The first kappa shape index (κ1) is 10.1. The first-order valence-corrected chi connectivity index (χ1v) is 4.18. The summed E-state index contributed by atoms with van der Waals surface area (Å²) in [6.07, 6.45) is 1.76. The van der Waals surface area contributed by atoms with Crippen LogP contribution < -0.4 is 0 Å². The molecule has 0 heterocycles. The molecular formula is C8H12FI. The van der Waals surface area contributed by atoms with Crippen LogP contribution in [0.2, 0.25) is 0 Å². The molecule has 0 saturated carbocycles. The van der Waals surface area contributed by atoms with Crippen molar-refractivity contribution in [1.29, 1.82) is 0 Å². The molecule has 0 radical (unpaired) electrons. The molecule has 0 fully saturated rings. The maximum absolute atomic E-state index is 13.2. The molecule has 0 spiro atoms. The minimum atomic E-state index is -1.28. The molecular weight excluding hydrogens is 242 g/mol. The first-order chi connectivity index (χ1) is 4.39. The fourth-order valence-corrected chi connectivity index (χ4v) is 1.65. The van der Waals surface area contributed by atoms with Crippen molar-refractivity contribution < 1.29 is 4.39 Å². The SMILES string of the molecule is C=C(C)/C(=C\C)C(C)(F)I. The second-order valence-electron chi connectivity index (χ2n) is 2.37. The minimum absolute atomic E-state index is 0.674. The molecule has 58 valence electrons. The molecule has 1 unspecified atom stereocenters. The van der Waals surface area contributed by atoms with Gasteiger partial charge in [0.15, 0.2) is 3.68 Å². The van der Waals surface area contributed by atoms with E-state index in [-0.39, 0.29) is 0 Å². The van der Waals surface area contributed by atoms with Gasteiger partial charge < -0.3 is 0 Å². The van der Waals surface area contributed by atoms with E-state index >= 15 is 0 Å². The monoisotopic (exact) mass is 254 g/mol. The van der Waals surface area contributed by atoms with Gasteiger partial charge in [-0.2, -0.15) is 0 Å². The highest BCUT2D eigenvalue weighted by Crippen LogP contribution is 2.32. The van der Waals surface area contributed by atoms with E-state index in [4.69, 9.17) is 0 Å². The standard InChI is InChI=1S/C8H12FI/c1-5-7(6(2)3)8(4,9)10/h5H,2H2,1,3-4H3/b7-5+. The lowest BCUT2D eigenvalue weighted by Crippen LogP contribution is -2.11. The van der Waals surface area contributed by atoms with Gasteiger partial charge in [0, 0.05) is 0 Å². The van der Waals surface area contributed by atoms with E-state index in [1.807, 2.05) is 13.8 Å². The molecule has 0 aliphatic heterocycles. The quantitative estimate of drug-likeness (QED) is 0.401. The van der Waals surface area contributed by atoms with Gasteiger partial charge in [0.25, 0.3) is 0 Å². The Hall–Kier alpha value is 0.140. The number of halogens is 2. The highest BCUT2D eigenvalue weighted by atomic mass is 127. The zero-order chi connectivity index (χ0) is 8.36. The smallest absolute Gasteiger partial charge is 0.183 e. The topological polar surface area (TPSA) is 0 Å². The summed E-state index contributed by atoms with van der Waals surface area (Å²) in [7, 11) is 0. The first-order valence-electron chi connectivity index (χ1n) is 3.10. The third-order valence-corrected chi connectivity index (χ3v) is 1.80. The molecule has 0 bridgehead atoms. The van der Waals surface area contributed by atoms with E-state index in [1.165, 1.54) is 6.92 Å². The van der Waals surface area contributed by atoms with Gasteiger partial charge in [0.1, 0.15) is 0 Å². The molecule has 0 nitrogen and oxygen atoms in total. The molecule has 1 atom stereocenters. The van der Waals surface area contributed by atoms with E-state index in [1.54, 1.807) is 28.7 Å². The van der Waals surface area contributed by atoms with Crippen molar-refractivity contribution in [3.63, 3.8) is 0 Å². The molecule has 0 amide bonds. The predicted octanol–water partition coefficient (Wildman–Crippen LogP) is 3.63. The van der Waals surface area contributed by atoms with Crippen molar-refractivity contribution >= 4 is 22.6 Å². The van der Waals surface area contributed by atoms with Crippen molar-refractivity contribution in [3.8, 4) is 0 Å². The Morgan fingerprint density at radius 3 is 2.10 bits per heavy atom. The van der Waals surface area contributed by atoms with Gasteiger partial charge in [0.2, 0.25) is 0 Å². The van der Waals surface area contributed by atoms with Crippen LogP contribution in [0.1, 0.15) is 20.8 Å². The largest absolute Gasteiger partial charge is 0.227 e. The van der Waals surface area contributed by atoms with Crippen LogP contribution in [0.5, 0.6) is 0 Å². The van der Waals surface area contributed by atoms with Crippen LogP contribution in [0.3, 0.4) is 0 Å². The zero-order valence-corrected chi connectivity index (χ0v) is 8.70. The summed E-state index contributed by atoms with van der Waals surface area (Å²) in [6, 6.07) is 0. The molecule has 0 aliphatic rings. The van der Waals surface area contributed by atoms with Gasteiger partial charge >= 0.3 is 0 Å². The van der Waals surface area contributed by atoms with Gasteiger partial charge in [-0.25, -0.2) is 4.39 Å². The van der Waals surface area contributed by atoms with Crippen molar-refractivity contribution in [1.82, 2.24) is 0 Å². The van der Waals surface area contributed by atoms with E-state index in [0.29, 0.717) is 5.57 Å². The van der Waals surface area contributed by atoms with Crippen molar-refractivity contribution in [2.24, 2.45) is 0 Å². The lowest BCUT2D eigenvalue weighted by molar-refractivity contribution is 0.393. The molecule has 10 heavy (non-hydrogen) atoms. The summed E-state index contributed by atoms with van der Waals surface area (Å²) in [5.41, 5.74) is 1.47. The summed E-state index contributed by atoms with van der Waals surface area (Å²) in [6.45, 7) is 8.84. The molecule has 0 aromatic rings. The molecule has 0 N–H and O–H groups in total. The van der Waals surface area contributed by atoms with E-state index in [0.717, 1.165) is 5.57 Å². The Kier molecular flexibility index (Phi) is 3.56. The highest BCUT2D eigenvalue weighted by Gasteiger charge is 2.23. The number of hydrogen-bond donors (Lipinski definition) is 0. The van der Waals surface area contributed by atoms with Crippen molar-refractivity contribution in [2.45, 2.75) is 24.4 Å². The van der Waals surface area contributed by atoms with Crippen LogP contribution in [-0.2, 0) is 0 Å². The van der Waals surface area contributed by atoms with E-state index in [2.05, 4.69) is 6.58 Å². The minimum Gasteiger partial charge on any atom is -0.227 e. The number of allylic oxidation sites excluding steroid dienone is 3. The van der Waals surface area contributed by atoms with Crippen molar-refractivity contribution in [3.05, 3.63) is 23.8 Å². The summed E-state index contributed by atoms with van der Waals surface area (Å²) in [5, 5.41) is 0. The van der Waals surface area contributed by atoms with Crippen LogP contribution in [0.15, 0.2) is 23.8 Å². The summed E-state index contributed by atoms with van der Waals surface area (Å²) in [4.78, 5) is 0. The van der Waals surface area contributed by atoms with Crippen LogP contribution in [0, 0.1) is 0 Å². The van der Waals surface area contributed by atoms with Crippen LogP contribution in [0.25, 0.3) is 0 Å². The lowest BCUT2D eigenvalue weighted by Gasteiger charge is -2.16. The van der Waals surface area contributed by atoms with Crippen LogP contribution in [-0.4, -0.2) is 3.68 Å². The number of hydrogen-bond acceptors (Lipinski definition) is 0. The molecule has 0 aliphatic carbocycles. The van der Waals surface area contributed by atoms with Gasteiger partial charge in [0.05, 0.1) is 0 Å². The third-order valence-electron chi connectivity index (χ3n) is 1.22. The van der Waals surface area contributed by atoms with E-state index in [9.17, 15) is 4.39 Å². The average molecular weight is 254 g/mol. The Bertz CT molecular complexity index is 163. The highest BCUT2D eigenvalue weighted by molar-refractivity contribution is 14.1. The van der Waals surface area contributed by atoms with Crippen LogP contribution in [0.4, 0.5) is 4.39 Å². The van der Waals surface area contributed by atoms with Crippen LogP contribution >= 0.6 is 22.6 Å². The maximum Gasteiger partial charge on any atom is 0.183 e. The maximum atomic E-state index is 13.2. The molecule has 0 aromatic heterocycles. The second-order valence-corrected chi connectivity index (χ2v) is 4.40. The summed E-state index contributed by atoms with van der Waals surface area (Å²) < 4.78 is 11.9. The van der Waals surface area contributed by atoms with Gasteiger partial charge in [-0.3, -0.25) is 0 Å². The van der Waals surface area contributed by atoms with Gasteiger partial charge in [-0.15, -0.1) is 0 Å². The molecule has 2 heteroatoms. The molecule has 0 aromatic carbocycles. The normalized spacial score (nSPS) is 18.3. The summed E-state index contributed by atoms with van der Waals surface area (Å²) in [5.74, 6) is 0. The second kappa shape index (κ2) is 3.51. The van der Waals surface area contributed by atoms with Crippen molar-refractivity contribution in [2.75, 3.05) is 0 Å². The Morgan fingerprint density at radius 1 is 1.70 bits per heavy atom. The number of rotatable bonds is 2. The zero-order valence-electron chi connectivity index (χ0n) is 6.54. The Balaban J connectivity index is 4.56. The number of alkyl halides is 2. The third kappa shape index (κ3) is 2.82. The Labute approximate surface area is 75.3 Å². The Morgan fingerprint density at radius 2 is 2.10 bits per heavy atom.